The lowest BCUT2D eigenvalue weighted by Gasteiger charge is -2.25. The van der Waals surface area contributed by atoms with Crippen LogP contribution in [-0.2, 0) is 16.1 Å². The first kappa shape index (κ1) is 19.7. The van der Waals surface area contributed by atoms with Crippen LogP contribution in [0.5, 0.6) is 11.5 Å². The third-order valence-corrected chi connectivity index (χ3v) is 3.68. The molecule has 0 aliphatic carbocycles. The van der Waals surface area contributed by atoms with Crippen LogP contribution in [-0.4, -0.2) is 23.1 Å². The summed E-state index contributed by atoms with van der Waals surface area (Å²) in [6, 6.07) is 15.8. The van der Waals surface area contributed by atoms with E-state index < -0.39 is 16.0 Å². The second-order valence-corrected chi connectivity index (χ2v) is 7.34. The largest absolute Gasteiger partial charge is 0.497 e. The van der Waals surface area contributed by atoms with Crippen LogP contribution in [0.15, 0.2) is 54.6 Å². The topological polar surface area (TPSA) is 56.8 Å². The molecule has 1 atom stereocenters. The van der Waals surface area contributed by atoms with Crippen molar-refractivity contribution in [3.05, 3.63) is 60.2 Å². The van der Waals surface area contributed by atoms with Gasteiger partial charge in [-0.1, -0.05) is 65.1 Å². The Morgan fingerprint density at radius 3 is 2.20 bits per heavy atom. The van der Waals surface area contributed by atoms with Gasteiger partial charge in [0.1, 0.15) is 11.5 Å². The van der Waals surface area contributed by atoms with Gasteiger partial charge in [0.2, 0.25) is 10.0 Å². The molecule has 8 heteroatoms. The predicted molar refractivity (Wildman–Crippen MR) is 97.1 cm³/mol. The van der Waals surface area contributed by atoms with Crippen molar-refractivity contribution in [2.24, 2.45) is 0 Å². The molecule has 0 bridgehead atoms. The van der Waals surface area contributed by atoms with Crippen LogP contribution >= 0.6 is 34.8 Å². The highest BCUT2D eigenvalue weighted by Crippen LogP contribution is 2.32. The average Bonchev–Trinajstić information content (AvgIpc) is 2.59. The summed E-state index contributed by atoms with van der Waals surface area (Å²) in [6.07, 6.45) is -1.13. The minimum Gasteiger partial charge on any atom is -0.497 e. The number of methoxy groups -OCH3 is 1. The number of benzene rings is 2. The molecule has 134 valence electrons. The molecule has 5 nitrogen and oxygen atoms in total. The van der Waals surface area contributed by atoms with Crippen molar-refractivity contribution in [1.82, 2.24) is 5.48 Å². The van der Waals surface area contributed by atoms with E-state index in [4.69, 9.17) is 49.1 Å². The molecule has 25 heavy (non-hydrogen) atoms. The fourth-order valence-corrected chi connectivity index (χ4v) is 2.13. The lowest BCUT2D eigenvalue weighted by molar-refractivity contribution is -0.156. The van der Waals surface area contributed by atoms with Gasteiger partial charge in [0.25, 0.3) is 0 Å². The van der Waals surface area contributed by atoms with Crippen LogP contribution in [0.3, 0.4) is 0 Å². The second kappa shape index (κ2) is 9.15. The Bertz CT molecular complexity index is 675. The molecule has 0 amide bonds. The summed E-state index contributed by atoms with van der Waals surface area (Å²) in [5, 5.41) is 0. The van der Waals surface area contributed by atoms with Crippen LogP contribution < -0.4 is 15.0 Å². The number of ether oxygens (including phenoxy) is 2. The number of alkyl halides is 3. The van der Waals surface area contributed by atoms with Crippen molar-refractivity contribution < 1.29 is 19.1 Å². The number of carbonyl (C=O) groups excluding carboxylic acids is 1. The zero-order chi connectivity index (χ0) is 18.3. The Morgan fingerprint density at radius 1 is 1.04 bits per heavy atom. The second-order valence-electron chi connectivity index (χ2n) is 4.97. The molecule has 2 aromatic rings. The first-order valence-electron chi connectivity index (χ1n) is 7.25. The highest BCUT2D eigenvalue weighted by Gasteiger charge is 2.36. The van der Waals surface area contributed by atoms with Crippen molar-refractivity contribution in [1.29, 1.82) is 0 Å². The van der Waals surface area contributed by atoms with E-state index in [-0.39, 0.29) is 6.42 Å². The van der Waals surface area contributed by atoms with E-state index >= 15 is 0 Å². The Hall–Kier alpha value is -1.66. The smallest absolute Gasteiger partial charge is 0.329 e. The zero-order valence-corrected chi connectivity index (χ0v) is 15.5. The highest BCUT2D eigenvalue weighted by molar-refractivity contribution is 6.68. The van der Waals surface area contributed by atoms with Crippen molar-refractivity contribution in [2.75, 3.05) is 7.11 Å². The van der Waals surface area contributed by atoms with Gasteiger partial charge in [-0.3, -0.25) is 4.79 Å². The predicted octanol–water partition coefficient (Wildman–Crippen LogP) is 4.06. The van der Waals surface area contributed by atoms with Gasteiger partial charge < -0.3 is 14.3 Å². The summed E-state index contributed by atoms with van der Waals surface area (Å²) >= 11 is 17.6. The Balaban J connectivity index is 1.94. The summed E-state index contributed by atoms with van der Waals surface area (Å²) < 4.78 is 8.73. The Labute approximate surface area is 160 Å². The number of nitrogens with one attached hydrogen (secondary N) is 1. The molecule has 1 N–H and O–H groups in total. The summed E-state index contributed by atoms with van der Waals surface area (Å²) in [5.41, 5.74) is 3.16. The van der Waals surface area contributed by atoms with E-state index in [2.05, 4.69) is 5.48 Å². The van der Waals surface area contributed by atoms with Gasteiger partial charge in [0.15, 0.2) is 0 Å². The molecule has 0 saturated heterocycles. The standard InChI is InChI=1S/C17H16Cl3NO4/c1-23-13-7-9-14(10-8-13)24-16(17(18,19)20)21-25-15(22)11-12-5-3-2-4-6-12/h2-10,16,21H,11H2,1H3/t16-/m1/s1. The maximum Gasteiger partial charge on any atom is 0.329 e. The molecule has 0 fully saturated rings. The van der Waals surface area contributed by atoms with E-state index in [1.54, 1.807) is 31.4 Å². The number of hydrogen-bond donors (Lipinski definition) is 1. The zero-order valence-electron chi connectivity index (χ0n) is 13.2. The van der Waals surface area contributed by atoms with Crippen molar-refractivity contribution >= 4 is 40.8 Å². The molecule has 0 aliphatic rings. The summed E-state index contributed by atoms with van der Waals surface area (Å²) in [6.45, 7) is 0. The van der Waals surface area contributed by atoms with Gasteiger partial charge in [-0.25, -0.2) is 0 Å². The van der Waals surface area contributed by atoms with Gasteiger partial charge in [0.05, 0.1) is 13.5 Å². The van der Waals surface area contributed by atoms with E-state index in [1.165, 1.54) is 0 Å². The Kier molecular flexibility index (Phi) is 7.20. The maximum absolute atomic E-state index is 11.9. The monoisotopic (exact) mass is 403 g/mol. The minimum absolute atomic E-state index is 0.0724. The fourth-order valence-electron chi connectivity index (χ4n) is 1.87. The van der Waals surface area contributed by atoms with Crippen LogP contribution in [0.1, 0.15) is 5.56 Å². The lowest BCUT2D eigenvalue weighted by Crippen LogP contribution is -2.46. The first-order valence-corrected chi connectivity index (χ1v) is 8.38. The first-order chi connectivity index (χ1) is 11.9. The molecule has 0 radical (unpaired) electrons. The van der Waals surface area contributed by atoms with Gasteiger partial charge in [-0.2, -0.15) is 0 Å². The Morgan fingerprint density at radius 2 is 1.64 bits per heavy atom. The highest BCUT2D eigenvalue weighted by atomic mass is 35.6. The molecule has 2 rings (SSSR count). The molecular weight excluding hydrogens is 389 g/mol. The molecule has 0 heterocycles. The summed E-state index contributed by atoms with van der Waals surface area (Å²) in [4.78, 5) is 16.9. The maximum atomic E-state index is 11.9. The number of rotatable bonds is 7. The van der Waals surface area contributed by atoms with E-state index in [0.29, 0.717) is 11.5 Å². The van der Waals surface area contributed by atoms with Crippen molar-refractivity contribution in [3.8, 4) is 11.5 Å². The van der Waals surface area contributed by atoms with Gasteiger partial charge in [0, 0.05) is 0 Å². The molecule has 0 spiro atoms. The van der Waals surface area contributed by atoms with Crippen molar-refractivity contribution in [2.45, 2.75) is 16.4 Å². The normalized spacial score (nSPS) is 12.3. The third kappa shape index (κ3) is 6.63. The lowest BCUT2D eigenvalue weighted by atomic mass is 10.2. The van der Waals surface area contributed by atoms with E-state index in [9.17, 15) is 4.79 Å². The van der Waals surface area contributed by atoms with Crippen LogP contribution in [0.25, 0.3) is 0 Å². The van der Waals surface area contributed by atoms with E-state index in [1.807, 2.05) is 30.3 Å². The molecule has 0 unspecified atom stereocenters. The number of hydrogen-bond acceptors (Lipinski definition) is 5. The quantitative estimate of drug-likeness (QED) is 0.428. The van der Waals surface area contributed by atoms with Crippen LogP contribution in [0.2, 0.25) is 0 Å². The number of hydroxylamine groups is 1. The molecule has 0 aromatic heterocycles. The van der Waals surface area contributed by atoms with E-state index in [0.717, 1.165) is 5.56 Å². The number of halogens is 3. The molecule has 0 aliphatic heterocycles. The van der Waals surface area contributed by atoms with Gasteiger partial charge in [-0.05, 0) is 29.8 Å². The number of carbonyl (C=O) groups is 1. The van der Waals surface area contributed by atoms with Crippen LogP contribution in [0.4, 0.5) is 0 Å². The summed E-state index contributed by atoms with van der Waals surface area (Å²) in [5.74, 6) is 0.521. The molecule has 2 aromatic carbocycles. The molecule has 0 saturated carbocycles. The van der Waals surface area contributed by atoms with Gasteiger partial charge in [-0.15, -0.1) is 5.48 Å². The average molecular weight is 405 g/mol. The SMILES string of the molecule is COc1ccc(O[C@@H](NOC(=O)Cc2ccccc2)C(Cl)(Cl)Cl)cc1. The van der Waals surface area contributed by atoms with Gasteiger partial charge >= 0.3 is 5.97 Å². The minimum atomic E-state index is -1.87. The summed E-state index contributed by atoms with van der Waals surface area (Å²) in [7, 11) is 1.55. The van der Waals surface area contributed by atoms with Crippen LogP contribution in [0, 0.1) is 0 Å². The third-order valence-electron chi connectivity index (χ3n) is 3.08. The van der Waals surface area contributed by atoms with Crippen molar-refractivity contribution in [3.63, 3.8) is 0 Å². The fraction of sp³-hybridized carbons (Fsp3) is 0.235. The molecular formula is C17H16Cl3NO4.